The second-order valence-corrected chi connectivity index (χ2v) is 7.96. The molecule has 6 nitrogen and oxygen atoms in total. The number of hydrogen-bond acceptors (Lipinski definition) is 4. The highest BCUT2D eigenvalue weighted by molar-refractivity contribution is 7.89. The molecule has 0 aromatic heterocycles. The smallest absolute Gasteiger partial charge is 0.243 e. The molecule has 1 amide bonds. The van der Waals surface area contributed by atoms with Crippen LogP contribution in [0.5, 0.6) is 0 Å². The topological polar surface area (TPSA) is 75.7 Å². The van der Waals surface area contributed by atoms with E-state index in [0.29, 0.717) is 26.0 Å². The molecule has 1 N–H and O–H groups in total. The molecule has 1 heterocycles. The number of sulfonamides is 1. The monoisotopic (exact) mass is 358 g/mol. The average Bonchev–Trinajstić information content (AvgIpc) is 2.55. The molecule has 134 valence electrons. The van der Waals surface area contributed by atoms with Crippen molar-refractivity contribution in [3.05, 3.63) is 30.1 Å². The number of benzene rings is 1. The number of halogens is 1. The molecule has 0 saturated carbocycles. The quantitative estimate of drug-likeness (QED) is 0.834. The van der Waals surface area contributed by atoms with Crippen molar-refractivity contribution in [2.24, 2.45) is 5.92 Å². The lowest BCUT2D eigenvalue weighted by molar-refractivity contribution is -0.127. The number of piperidine rings is 1. The highest BCUT2D eigenvalue weighted by Crippen LogP contribution is 2.24. The largest absolute Gasteiger partial charge is 0.383 e. The molecule has 1 aliphatic rings. The number of carbonyl (C=O) groups is 1. The molecule has 1 fully saturated rings. The number of hydrogen-bond donors (Lipinski definition) is 1. The van der Waals surface area contributed by atoms with Gasteiger partial charge in [-0.1, -0.05) is 0 Å². The number of nitrogens with one attached hydrogen (secondary N) is 1. The molecule has 1 aromatic carbocycles. The maximum atomic E-state index is 13.0. The molecular formula is C16H23FN2O4S. The molecule has 2 rings (SSSR count). The second kappa shape index (κ2) is 8.04. The molecule has 0 unspecified atom stereocenters. The van der Waals surface area contributed by atoms with E-state index in [2.05, 4.69) is 5.32 Å². The molecule has 1 saturated heterocycles. The fraction of sp³-hybridized carbons (Fsp3) is 0.562. The first-order chi connectivity index (χ1) is 11.3. The third-order valence-electron chi connectivity index (χ3n) is 4.01. The Bertz CT molecular complexity index is 663. The number of ether oxygens (including phenoxy) is 1. The molecule has 0 aliphatic carbocycles. The Hall–Kier alpha value is -1.51. The molecule has 0 bridgehead atoms. The van der Waals surface area contributed by atoms with Gasteiger partial charge in [0.25, 0.3) is 0 Å². The minimum atomic E-state index is -3.72. The van der Waals surface area contributed by atoms with Crippen LogP contribution in [0.3, 0.4) is 0 Å². The fourth-order valence-electron chi connectivity index (χ4n) is 2.78. The summed E-state index contributed by atoms with van der Waals surface area (Å²) in [6.07, 6.45) is 1.25. The second-order valence-electron chi connectivity index (χ2n) is 6.02. The summed E-state index contributed by atoms with van der Waals surface area (Å²) in [5.74, 6) is -1.05. The van der Waals surface area contributed by atoms with E-state index in [-0.39, 0.29) is 23.4 Å². The van der Waals surface area contributed by atoms with Crippen molar-refractivity contribution in [1.82, 2.24) is 9.62 Å². The van der Waals surface area contributed by atoms with Gasteiger partial charge in [0, 0.05) is 26.2 Å². The van der Waals surface area contributed by atoms with Crippen LogP contribution >= 0.6 is 0 Å². The standard InChI is InChI=1S/C16H23FN2O4S/c1-12(11-23-2)18-16(20)13-4-3-9-19(10-13)24(21,22)15-7-5-14(17)6-8-15/h5-8,12-13H,3-4,9-11H2,1-2H3,(H,18,20)/t12-,13+/m1/s1. The van der Waals surface area contributed by atoms with E-state index in [4.69, 9.17) is 4.74 Å². The third-order valence-corrected chi connectivity index (χ3v) is 5.89. The Balaban J connectivity index is 2.07. The number of rotatable bonds is 6. The van der Waals surface area contributed by atoms with Gasteiger partial charge in [-0.25, -0.2) is 12.8 Å². The normalized spacial score (nSPS) is 20.5. The van der Waals surface area contributed by atoms with Crippen LogP contribution in [0.25, 0.3) is 0 Å². The molecule has 0 spiro atoms. The van der Waals surface area contributed by atoms with E-state index < -0.39 is 21.8 Å². The van der Waals surface area contributed by atoms with Crippen molar-refractivity contribution in [3.8, 4) is 0 Å². The maximum absolute atomic E-state index is 13.0. The van der Waals surface area contributed by atoms with Gasteiger partial charge in [-0.15, -0.1) is 0 Å². The minimum Gasteiger partial charge on any atom is -0.383 e. The lowest BCUT2D eigenvalue weighted by atomic mass is 9.98. The maximum Gasteiger partial charge on any atom is 0.243 e. The van der Waals surface area contributed by atoms with Gasteiger partial charge in [0.15, 0.2) is 0 Å². The zero-order valence-electron chi connectivity index (χ0n) is 13.9. The van der Waals surface area contributed by atoms with Gasteiger partial charge in [-0.2, -0.15) is 4.31 Å². The molecule has 8 heteroatoms. The van der Waals surface area contributed by atoms with Crippen molar-refractivity contribution in [2.75, 3.05) is 26.8 Å². The SMILES string of the molecule is COC[C@@H](C)NC(=O)[C@H]1CCCN(S(=O)(=O)c2ccc(F)cc2)C1. The first-order valence-electron chi connectivity index (χ1n) is 7.89. The van der Waals surface area contributed by atoms with Crippen molar-refractivity contribution >= 4 is 15.9 Å². The van der Waals surface area contributed by atoms with Crippen LogP contribution in [0.4, 0.5) is 4.39 Å². The highest BCUT2D eigenvalue weighted by Gasteiger charge is 2.33. The van der Waals surface area contributed by atoms with E-state index in [9.17, 15) is 17.6 Å². The predicted octanol–water partition coefficient (Wildman–Crippen LogP) is 1.38. The zero-order valence-corrected chi connectivity index (χ0v) is 14.7. The number of nitrogens with zero attached hydrogens (tertiary/aromatic N) is 1. The van der Waals surface area contributed by atoms with E-state index in [0.717, 1.165) is 12.1 Å². The van der Waals surface area contributed by atoms with Crippen LogP contribution < -0.4 is 5.32 Å². The van der Waals surface area contributed by atoms with Gasteiger partial charge in [0.05, 0.1) is 17.4 Å². The summed E-state index contributed by atoms with van der Waals surface area (Å²) in [5, 5.41) is 2.83. The summed E-state index contributed by atoms with van der Waals surface area (Å²) >= 11 is 0. The van der Waals surface area contributed by atoms with Gasteiger partial charge in [-0.05, 0) is 44.0 Å². The summed E-state index contributed by atoms with van der Waals surface area (Å²) in [6.45, 7) is 2.72. The van der Waals surface area contributed by atoms with Crippen LogP contribution in [-0.2, 0) is 19.6 Å². The van der Waals surface area contributed by atoms with Crippen LogP contribution in [0, 0.1) is 11.7 Å². The summed E-state index contributed by atoms with van der Waals surface area (Å²) in [6, 6.07) is 4.59. The van der Waals surface area contributed by atoms with Gasteiger partial charge < -0.3 is 10.1 Å². The number of methoxy groups -OCH3 is 1. The highest BCUT2D eigenvalue weighted by atomic mass is 32.2. The van der Waals surface area contributed by atoms with E-state index in [1.807, 2.05) is 6.92 Å². The van der Waals surface area contributed by atoms with Crippen LogP contribution in [-0.4, -0.2) is 51.5 Å². The lowest BCUT2D eigenvalue weighted by Gasteiger charge is -2.31. The summed E-state index contributed by atoms with van der Waals surface area (Å²) in [4.78, 5) is 12.3. The van der Waals surface area contributed by atoms with Crippen LogP contribution in [0.2, 0.25) is 0 Å². The van der Waals surface area contributed by atoms with Gasteiger partial charge in [-0.3, -0.25) is 4.79 Å². The molecule has 1 aromatic rings. The molecular weight excluding hydrogens is 335 g/mol. The molecule has 24 heavy (non-hydrogen) atoms. The van der Waals surface area contributed by atoms with Gasteiger partial charge in [0.2, 0.25) is 15.9 Å². The number of amides is 1. The van der Waals surface area contributed by atoms with Crippen molar-refractivity contribution in [2.45, 2.75) is 30.7 Å². The Morgan fingerprint density at radius 2 is 2.08 bits per heavy atom. The first kappa shape index (κ1) is 18.8. The fourth-order valence-corrected chi connectivity index (χ4v) is 4.31. The zero-order chi connectivity index (χ0) is 17.7. The summed E-state index contributed by atoms with van der Waals surface area (Å²) < 4.78 is 44.6. The van der Waals surface area contributed by atoms with Crippen molar-refractivity contribution < 1.29 is 22.3 Å². The van der Waals surface area contributed by atoms with E-state index in [1.165, 1.54) is 16.4 Å². The lowest BCUT2D eigenvalue weighted by Crippen LogP contribution is -2.47. The van der Waals surface area contributed by atoms with Crippen LogP contribution in [0.15, 0.2) is 29.2 Å². The molecule has 1 aliphatic heterocycles. The minimum absolute atomic E-state index is 0.0395. The average molecular weight is 358 g/mol. The predicted molar refractivity (Wildman–Crippen MR) is 87.4 cm³/mol. The summed E-state index contributed by atoms with van der Waals surface area (Å²) in [7, 11) is -2.17. The Morgan fingerprint density at radius 1 is 1.42 bits per heavy atom. The Kier molecular flexibility index (Phi) is 6.31. The molecule has 0 radical (unpaired) electrons. The van der Waals surface area contributed by atoms with Crippen LogP contribution in [0.1, 0.15) is 19.8 Å². The van der Waals surface area contributed by atoms with E-state index in [1.54, 1.807) is 7.11 Å². The Labute approximate surface area is 142 Å². The van der Waals surface area contributed by atoms with Gasteiger partial charge >= 0.3 is 0 Å². The molecule has 2 atom stereocenters. The number of carbonyl (C=O) groups excluding carboxylic acids is 1. The van der Waals surface area contributed by atoms with Gasteiger partial charge in [0.1, 0.15) is 5.82 Å². The van der Waals surface area contributed by atoms with Crippen molar-refractivity contribution in [3.63, 3.8) is 0 Å². The Morgan fingerprint density at radius 3 is 2.71 bits per heavy atom. The first-order valence-corrected chi connectivity index (χ1v) is 9.33. The summed E-state index contributed by atoms with van der Waals surface area (Å²) in [5.41, 5.74) is 0. The van der Waals surface area contributed by atoms with E-state index >= 15 is 0 Å². The van der Waals surface area contributed by atoms with Crippen molar-refractivity contribution in [1.29, 1.82) is 0 Å². The third kappa shape index (κ3) is 4.52.